The third kappa shape index (κ3) is 2.83. The van der Waals surface area contributed by atoms with Crippen molar-refractivity contribution in [3.63, 3.8) is 0 Å². The standard InChI is InChI=1S/C16H24N2O/c1-18(15-7-8-19-11-15)16(10-17)14-4-2-3-13(9-14)12-5-6-12/h2-4,9,12,15-16H,5-8,10-11,17H2,1H3. The van der Waals surface area contributed by atoms with Gasteiger partial charge in [0.15, 0.2) is 0 Å². The van der Waals surface area contributed by atoms with Gasteiger partial charge in [-0.1, -0.05) is 24.3 Å². The average Bonchev–Trinajstić information content (AvgIpc) is 3.15. The lowest BCUT2D eigenvalue weighted by Gasteiger charge is -2.32. The molecule has 1 aliphatic heterocycles. The fourth-order valence-electron chi connectivity index (χ4n) is 3.07. The van der Waals surface area contributed by atoms with Crippen LogP contribution in [0.1, 0.15) is 42.3 Å². The van der Waals surface area contributed by atoms with E-state index in [1.807, 2.05) is 0 Å². The first-order chi connectivity index (χ1) is 9.29. The van der Waals surface area contributed by atoms with Gasteiger partial charge in [-0.3, -0.25) is 4.90 Å². The molecule has 3 nitrogen and oxygen atoms in total. The highest BCUT2D eigenvalue weighted by Gasteiger charge is 2.28. The second-order valence-electron chi connectivity index (χ2n) is 5.88. The number of hydrogen-bond donors (Lipinski definition) is 1. The van der Waals surface area contributed by atoms with Crippen molar-refractivity contribution in [2.45, 2.75) is 37.3 Å². The molecule has 2 unspecified atom stereocenters. The molecule has 19 heavy (non-hydrogen) atoms. The predicted molar refractivity (Wildman–Crippen MR) is 77.2 cm³/mol. The Bertz CT molecular complexity index is 425. The van der Waals surface area contributed by atoms with E-state index in [4.69, 9.17) is 10.5 Å². The lowest BCUT2D eigenvalue weighted by molar-refractivity contribution is 0.134. The van der Waals surface area contributed by atoms with Crippen LogP contribution in [0, 0.1) is 0 Å². The molecule has 1 aromatic carbocycles. The summed E-state index contributed by atoms with van der Waals surface area (Å²) in [5.41, 5.74) is 8.89. The number of nitrogens with zero attached hydrogens (tertiary/aromatic N) is 1. The number of likely N-dealkylation sites (N-methyl/N-ethyl adjacent to an activating group) is 1. The van der Waals surface area contributed by atoms with Gasteiger partial charge in [0, 0.05) is 25.2 Å². The van der Waals surface area contributed by atoms with Crippen molar-refractivity contribution in [2.75, 3.05) is 26.8 Å². The Kier molecular flexibility index (Phi) is 3.87. The van der Waals surface area contributed by atoms with Gasteiger partial charge in [-0.05, 0) is 43.4 Å². The van der Waals surface area contributed by atoms with E-state index in [1.54, 1.807) is 0 Å². The molecule has 1 aliphatic carbocycles. The maximum Gasteiger partial charge on any atom is 0.0622 e. The zero-order valence-electron chi connectivity index (χ0n) is 11.7. The molecule has 0 aromatic heterocycles. The van der Waals surface area contributed by atoms with E-state index in [2.05, 4.69) is 36.2 Å². The van der Waals surface area contributed by atoms with E-state index in [0.717, 1.165) is 25.6 Å². The van der Waals surface area contributed by atoms with Crippen molar-refractivity contribution in [1.29, 1.82) is 0 Å². The first kappa shape index (κ1) is 13.1. The molecule has 3 heteroatoms. The summed E-state index contributed by atoms with van der Waals surface area (Å²) in [5.74, 6) is 0.804. The number of ether oxygens (including phenoxy) is 1. The predicted octanol–water partition coefficient (Wildman–Crippen LogP) is 2.28. The Morgan fingerprint density at radius 1 is 1.37 bits per heavy atom. The number of benzene rings is 1. The SMILES string of the molecule is CN(C1CCOC1)C(CN)c1cccc(C2CC2)c1. The van der Waals surface area contributed by atoms with Crippen LogP contribution in [-0.2, 0) is 4.74 Å². The Balaban J connectivity index is 1.78. The van der Waals surface area contributed by atoms with Gasteiger partial charge in [-0.25, -0.2) is 0 Å². The van der Waals surface area contributed by atoms with E-state index in [-0.39, 0.29) is 0 Å². The lowest BCUT2D eigenvalue weighted by atomic mass is 9.99. The van der Waals surface area contributed by atoms with Crippen molar-refractivity contribution in [3.8, 4) is 0 Å². The summed E-state index contributed by atoms with van der Waals surface area (Å²) < 4.78 is 5.50. The molecular weight excluding hydrogens is 236 g/mol. The highest BCUT2D eigenvalue weighted by Crippen LogP contribution is 2.40. The largest absolute Gasteiger partial charge is 0.380 e. The smallest absolute Gasteiger partial charge is 0.0622 e. The summed E-state index contributed by atoms with van der Waals surface area (Å²) in [5, 5.41) is 0. The Morgan fingerprint density at radius 2 is 2.21 bits per heavy atom. The molecule has 0 amide bonds. The molecule has 2 aliphatic rings. The summed E-state index contributed by atoms with van der Waals surface area (Å²) in [6.07, 6.45) is 3.82. The average molecular weight is 260 g/mol. The molecular formula is C16H24N2O. The second kappa shape index (κ2) is 5.61. The van der Waals surface area contributed by atoms with E-state index < -0.39 is 0 Å². The van der Waals surface area contributed by atoms with Crippen LogP contribution in [0.25, 0.3) is 0 Å². The minimum absolute atomic E-state index is 0.311. The molecule has 0 spiro atoms. The Hall–Kier alpha value is -0.900. The Labute approximate surface area is 115 Å². The molecule has 1 heterocycles. The number of rotatable bonds is 5. The molecule has 1 saturated carbocycles. The fraction of sp³-hybridized carbons (Fsp3) is 0.625. The van der Waals surface area contributed by atoms with Crippen LogP contribution in [0.5, 0.6) is 0 Å². The van der Waals surface area contributed by atoms with Gasteiger partial charge >= 0.3 is 0 Å². The third-order valence-corrected chi connectivity index (χ3v) is 4.54. The van der Waals surface area contributed by atoms with Gasteiger partial charge in [0.05, 0.1) is 6.61 Å². The van der Waals surface area contributed by atoms with E-state index in [0.29, 0.717) is 18.6 Å². The quantitative estimate of drug-likeness (QED) is 0.882. The second-order valence-corrected chi connectivity index (χ2v) is 5.88. The van der Waals surface area contributed by atoms with Gasteiger partial charge in [-0.2, -0.15) is 0 Å². The van der Waals surface area contributed by atoms with Crippen LogP contribution in [0.4, 0.5) is 0 Å². The highest BCUT2D eigenvalue weighted by atomic mass is 16.5. The summed E-state index contributed by atoms with van der Waals surface area (Å²) in [6.45, 7) is 2.39. The normalized spacial score (nSPS) is 24.9. The maximum atomic E-state index is 6.03. The molecule has 3 rings (SSSR count). The van der Waals surface area contributed by atoms with E-state index >= 15 is 0 Å². The van der Waals surface area contributed by atoms with Crippen molar-refractivity contribution < 1.29 is 4.74 Å². The fourth-order valence-corrected chi connectivity index (χ4v) is 3.07. The van der Waals surface area contributed by atoms with Crippen LogP contribution in [0.2, 0.25) is 0 Å². The van der Waals surface area contributed by atoms with Gasteiger partial charge in [0.1, 0.15) is 0 Å². The lowest BCUT2D eigenvalue weighted by Crippen LogP contribution is -2.39. The first-order valence-corrected chi connectivity index (χ1v) is 7.39. The van der Waals surface area contributed by atoms with E-state index in [1.165, 1.54) is 24.0 Å². The molecule has 2 fully saturated rings. The molecule has 2 atom stereocenters. The molecule has 104 valence electrons. The topological polar surface area (TPSA) is 38.5 Å². The van der Waals surface area contributed by atoms with Gasteiger partial charge in [0.25, 0.3) is 0 Å². The summed E-state index contributed by atoms with van der Waals surface area (Å²) in [6, 6.07) is 9.85. The molecule has 1 saturated heterocycles. The minimum atomic E-state index is 0.311. The van der Waals surface area contributed by atoms with Gasteiger partial charge < -0.3 is 10.5 Å². The molecule has 0 radical (unpaired) electrons. The van der Waals surface area contributed by atoms with Crippen molar-refractivity contribution in [3.05, 3.63) is 35.4 Å². The molecule has 2 N–H and O–H groups in total. The van der Waals surface area contributed by atoms with E-state index in [9.17, 15) is 0 Å². The van der Waals surface area contributed by atoms with Crippen molar-refractivity contribution in [2.24, 2.45) is 5.73 Å². The first-order valence-electron chi connectivity index (χ1n) is 7.39. The van der Waals surface area contributed by atoms with Gasteiger partial charge in [0.2, 0.25) is 0 Å². The van der Waals surface area contributed by atoms with Crippen LogP contribution in [-0.4, -0.2) is 37.7 Å². The summed E-state index contributed by atoms with van der Waals surface area (Å²) in [4.78, 5) is 2.40. The minimum Gasteiger partial charge on any atom is -0.380 e. The summed E-state index contributed by atoms with van der Waals surface area (Å²) >= 11 is 0. The zero-order chi connectivity index (χ0) is 13.2. The van der Waals surface area contributed by atoms with Crippen LogP contribution in [0.3, 0.4) is 0 Å². The van der Waals surface area contributed by atoms with Crippen LogP contribution in [0.15, 0.2) is 24.3 Å². The van der Waals surface area contributed by atoms with Crippen molar-refractivity contribution in [1.82, 2.24) is 4.90 Å². The van der Waals surface area contributed by atoms with Crippen LogP contribution >= 0.6 is 0 Å². The highest BCUT2D eigenvalue weighted by molar-refractivity contribution is 5.31. The number of hydrogen-bond acceptors (Lipinski definition) is 3. The summed E-state index contributed by atoms with van der Waals surface area (Å²) in [7, 11) is 2.18. The molecule has 1 aromatic rings. The molecule has 0 bridgehead atoms. The maximum absolute atomic E-state index is 6.03. The Morgan fingerprint density at radius 3 is 2.84 bits per heavy atom. The third-order valence-electron chi connectivity index (χ3n) is 4.54. The van der Waals surface area contributed by atoms with Gasteiger partial charge in [-0.15, -0.1) is 0 Å². The van der Waals surface area contributed by atoms with Crippen LogP contribution < -0.4 is 5.73 Å². The zero-order valence-corrected chi connectivity index (χ0v) is 11.7. The monoisotopic (exact) mass is 260 g/mol. The number of nitrogens with two attached hydrogens (primary N) is 1. The van der Waals surface area contributed by atoms with Crippen molar-refractivity contribution >= 4 is 0 Å².